The quantitative estimate of drug-likeness (QED) is 0.659. The Balaban J connectivity index is 1.35. The molecule has 1 aliphatic heterocycles. The first-order chi connectivity index (χ1) is 15.3. The van der Waals surface area contributed by atoms with Crippen LogP contribution in [0, 0.1) is 5.92 Å². The Kier molecular flexibility index (Phi) is 6.24. The Bertz CT molecular complexity index is 1120. The van der Waals surface area contributed by atoms with E-state index in [1.807, 2.05) is 24.0 Å². The number of amides is 2. The van der Waals surface area contributed by atoms with Crippen LogP contribution in [0.2, 0.25) is 0 Å². The van der Waals surface area contributed by atoms with E-state index in [0.717, 1.165) is 35.4 Å². The van der Waals surface area contributed by atoms with E-state index < -0.39 is 9.84 Å². The lowest BCUT2D eigenvalue weighted by atomic mass is 10.1. The molecule has 2 aromatic carbocycles. The van der Waals surface area contributed by atoms with Crippen LogP contribution in [0.15, 0.2) is 47.4 Å². The van der Waals surface area contributed by atoms with Gasteiger partial charge >= 0.3 is 0 Å². The summed E-state index contributed by atoms with van der Waals surface area (Å²) in [6, 6.07) is 12.3. The fourth-order valence-electron chi connectivity index (χ4n) is 4.04. The Morgan fingerprint density at radius 3 is 2.50 bits per heavy atom. The topological polar surface area (TPSA) is 92.8 Å². The van der Waals surface area contributed by atoms with Crippen molar-refractivity contribution in [2.45, 2.75) is 50.1 Å². The lowest BCUT2D eigenvalue weighted by molar-refractivity contribution is -0.121. The number of sulfone groups is 1. The summed E-state index contributed by atoms with van der Waals surface area (Å²) in [4.78, 5) is 26.8. The number of benzene rings is 2. The van der Waals surface area contributed by atoms with E-state index in [9.17, 15) is 18.0 Å². The number of rotatable bonds is 8. The van der Waals surface area contributed by atoms with Crippen molar-refractivity contribution in [3.63, 3.8) is 0 Å². The third-order valence-corrected chi connectivity index (χ3v) is 7.75. The van der Waals surface area contributed by atoms with Crippen molar-refractivity contribution < 1.29 is 22.7 Å². The van der Waals surface area contributed by atoms with Crippen molar-refractivity contribution in [2.75, 3.05) is 17.8 Å². The zero-order valence-electron chi connectivity index (χ0n) is 18.3. The monoisotopic (exact) mass is 456 g/mol. The molecule has 0 unspecified atom stereocenters. The summed E-state index contributed by atoms with van der Waals surface area (Å²) >= 11 is 0. The van der Waals surface area contributed by atoms with Crippen LogP contribution >= 0.6 is 0 Å². The van der Waals surface area contributed by atoms with Crippen LogP contribution in [-0.2, 0) is 32.4 Å². The van der Waals surface area contributed by atoms with E-state index in [0.29, 0.717) is 13.0 Å². The summed E-state index contributed by atoms with van der Waals surface area (Å²) in [7, 11) is -2.02. The van der Waals surface area contributed by atoms with Gasteiger partial charge in [0.2, 0.25) is 11.8 Å². The Morgan fingerprint density at radius 2 is 1.84 bits per heavy atom. The minimum Gasteiger partial charge on any atom is -0.497 e. The fraction of sp³-hybridized carbons (Fsp3) is 0.417. The minimum atomic E-state index is -3.61. The van der Waals surface area contributed by atoms with Crippen LogP contribution in [0.4, 0.5) is 5.69 Å². The van der Waals surface area contributed by atoms with Crippen LogP contribution in [0.5, 0.6) is 5.75 Å². The van der Waals surface area contributed by atoms with E-state index in [4.69, 9.17) is 4.74 Å². The molecule has 32 heavy (non-hydrogen) atoms. The van der Waals surface area contributed by atoms with Crippen molar-refractivity contribution >= 4 is 27.3 Å². The molecule has 4 rings (SSSR count). The van der Waals surface area contributed by atoms with Gasteiger partial charge in [-0.3, -0.25) is 9.59 Å². The molecular weight excluding hydrogens is 428 g/mol. The maximum atomic E-state index is 12.8. The van der Waals surface area contributed by atoms with Gasteiger partial charge in [-0.25, -0.2) is 8.42 Å². The van der Waals surface area contributed by atoms with E-state index in [1.54, 1.807) is 37.4 Å². The summed E-state index contributed by atoms with van der Waals surface area (Å²) in [5.41, 5.74) is 2.59. The maximum Gasteiger partial charge on any atom is 0.230 e. The van der Waals surface area contributed by atoms with Crippen molar-refractivity contribution in [1.29, 1.82) is 0 Å². The summed E-state index contributed by atoms with van der Waals surface area (Å²) in [6.07, 6.45) is 2.40. The lowest BCUT2D eigenvalue weighted by Crippen LogP contribution is -2.36. The molecule has 1 aliphatic carbocycles. The van der Waals surface area contributed by atoms with Gasteiger partial charge in [-0.1, -0.05) is 12.1 Å². The predicted molar refractivity (Wildman–Crippen MR) is 121 cm³/mol. The predicted octanol–water partition coefficient (Wildman–Crippen LogP) is 2.86. The van der Waals surface area contributed by atoms with Crippen molar-refractivity contribution in [2.24, 2.45) is 5.92 Å². The number of nitrogens with zero attached hydrogens (tertiary/aromatic N) is 1. The number of hydrogen-bond acceptors (Lipinski definition) is 5. The summed E-state index contributed by atoms with van der Waals surface area (Å²) in [5, 5.41) is 2.75. The molecule has 1 atom stereocenters. The highest BCUT2D eigenvalue weighted by molar-refractivity contribution is 7.91. The van der Waals surface area contributed by atoms with Crippen LogP contribution in [0.3, 0.4) is 0 Å². The highest BCUT2D eigenvalue weighted by Crippen LogP contribution is 2.39. The summed E-state index contributed by atoms with van der Waals surface area (Å²) < 4.78 is 30.7. The lowest BCUT2D eigenvalue weighted by Gasteiger charge is -2.22. The van der Waals surface area contributed by atoms with Gasteiger partial charge in [0, 0.05) is 30.6 Å². The molecule has 2 amide bonds. The first kappa shape index (κ1) is 22.3. The summed E-state index contributed by atoms with van der Waals surface area (Å²) in [6.45, 7) is 2.31. The highest BCUT2D eigenvalue weighted by Gasteiger charge is 2.39. The Hall–Kier alpha value is -2.87. The zero-order valence-corrected chi connectivity index (χ0v) is 19.2. The van der Waals surface area contributed by atoms with Crippen molar-refractivity contribution in [3.8, 4) is 5.75 Å². The fourth-order valence-corrected chi connectivity index (χ4v) is 5.33. The average molecular weight is 457 g/mol. The summed E-state index contributed by atoms with van der Waals surface area (Å²) in [5.74, 6) is 0.402. The van der Waals surface area contributed by atoms with Crippen molar-refractivity contribution in [1.82, 2.24) is 5.32 Å². The second-order valence-corrected chi connectivity index (χ2v) is 10.6. The van der Waals surface area contributed by atoms with Gasteiger partial charge in [0.25, 0.3) is 0 Å². The molecule has 2 aliphatic rings. The molecule has 7 nitrogen and oxygen atoms in total. The second-order valence-electron chi connectivity index (χ2n) is 8.52. The maximum absolute atomic E-state index is 12.8. The van der Waals surface area contributed by atoms with Gasteiger partial charge in [0.05, 0.1) is 17.8 Å². The van der Waals surface area contributed by atoms with Gasteiger partial charge in [0.1, 0.15) is 5.75 Å². The molecule has 1 N–H and O–H groups in total. The molecule has 0 bridgehead atoms. The smallest absolute Gasteiger partial charge is 0.230 e. The van der Waals surface area contributed by atoms with E-state index in [2.05, 4.69) is 5.32 Å². The number of methoxy groups -OCH3 is 1. The molecule has 170 valence electrons. The second kappa shape index (κ2) is 8.94. The average Bonchev–Trinajstić information content (AvgIpc) is 3.58. The molecule has 1 saturated carbocycles. The molecule has 0 saturated heterocycles. The van der Waals surface area contributed by atoms with Crippen LogP contribution < -0.4 is 15.0 Å². The minimum absolute atomic E-state index is 0.0276. The third-order valence-electron chi connectivity index (χ3n) is 6.04. The molecule has 2 aromatic rings. The number of hydrogen-bond donors (Lipinski definition) is 1. The van der Waals surface area contributed by atoms with E-state index >= 15 is 0 Å². The van der Waals surface area contributed by atoms with Crippen LogP contribution in [0.25, 0.3) is 0 Å². The Morgan fingerprint density at radius 1 is 1.12 bits per heavy atom. The molecule has 0 radical (unpaired) electrons. The van der Waals surface area contributed by atoms with Crippen LogP contribution in [-0.4, -0.2) is 39.1 Å². The zero-order chi connectivity index (χ0) is 22.9. The number of fused-ring (bicyclic) bond motifs is 1. The largest absolute Gasteiger partial charge is 0.497 e. The molecule has 8 heteroatoms. The highest BCUT2D eigenvalue weighted by atomic mass is 32.2. The number of anilines is 1. The first-order valence-electron chi connectivity index (χ1n) is 10.9. The van der Waals surface area contributed by atoms with Gasteiger partial charge in [-0.15, -0.1) is 0 Å². The number of carbonyl (C=O) groups excluding carboxylic acids is 2. The van der Waals surface area contributed by atoms with E-state index in [1.165, 1.54) is 0 Å². The number of carbonyl (C=O) groups is 2. The standard InChI is InChI=1S/C24H28N2O5S/c1-16-13-19-14-21(9-10-22(19)26(16)24(28)18-5-6-18)32(29,30)12-11-23(27)25-15-17-3-7-20(31-2)8-4-17/h3-4,7-10,14,16,18H,5-6,11-13,15H2,1-2H3,(H,25,27)/t16-/m0/s1. The molecular formula is C24H28N2O5S. The SMILES string of the molecule is COc1ccc(CNC(=O)CCS(=O)(=O)c2ccc3c(c2)C[C@H](C)N3C(=O)C2CC2)cc1. The van der Waals surface area contributed by atoms with Gasteiger partial charge in [0.15, 0.2) is 9.84 Å². The molecule has 1 fully saturated rings. The number of nitrogens with one attached hydrogen (secondary N) is 1. The van der Waals surface area contributed by atoms with Gasteiger partial charge < -0.3 is 15.0 Å². The van der Waals surface area contributed by atoms with Gasteiger partial charge in [-0.2, -0.15) is 0 Å². The van der Waals surface area contributed by atoms with Crippen molar-refractivity contribution in [3.05, 3.63) is 53.6 Å². The molecule has 0 aromatic heterocycles. The Labute approximate surface area is 188 Å². The third kappa shape index (κ3) is 4.80. The van der Waals surface area contributed by atoms with Gasteiger partial charge in [-0.05, 0) is 67.6 Å². The van der Waals surface area contributed by atoms with E-state index in [-0.39, 0.29) is 40.8 Å². The molecule has 0 spiro atoms. The van der Waals surface area contributed by atoms with Crippen LogP contribution in [0.1, 0.15) is 37.3 Å². The normalized spacial score (nSPS) is 17.7. The first-order valence-corrected chi connectivity index (χ1v) is 12.5. The molecule has 1 heterocycles. The number of ether oxygens (including phenoxy) is 1.